The number of halogens is 1. The Balaban J connectivity index is 0.00000280. The van der Waals surface area contributed by atoms with Gasteiger partial charge in [-0.05, 0) is 74.9 Å². The van der Waals surface area contributed by atoms with Crippen molar-refractivity contribution < 1.29 is 14.3 Å². The largest absolute Gasteiger partial charge is 0.469 e. The Kier molecular flexibility index (Phi) is 9.06. The fourth-order valence-corrected chi connectivity index (χ4v) is 3.92. The highest BCUT2D eigenvalue weighted by atomic mass is 35.5. The minimum Gasteiger partial charge on any atom is -0.469 e. The molecule has 156 valence electrons. The molecule has 0 bridgehead atoms. The maximum atomic E-state index is 12.7. The number of carbonyl (C=O) groups is 2. The minimum atomic E-state index is -0.160. The molecule has 0 aromatic heterocycles. The van der Waals surface area contributed by atoms with Crippen LogP contribution in [0, 0.1) is 11.8 Å². The molecule has 2 aliphatic heterocycles. The molecule has 2 heterocycles. The average molecular weight is 410 g/mol. The second-order valence-corrected chi connectivity index (χ2v) is 7.67. The monoisotopic (exact) mass is 409 g/mol. The van der Waals surface area contributed by atoms with E-state index >= 15 is 0 Å². The fraction of sp³-hybridized carbons (Fsp3) is 0.619. The van der Waals surface area contributed by atoms with Crippen molar-refractivity contribution in [3.63, 3.8) is 0 Å². The first-order valence-corrected chi connectivity index (χ1v) is 10.1. The van der Waals surface area contributed by atoms with Crippen LogP contribution in [-0.4, -0.2) is 56.6 Å². The molecular formula is C21H32ClN3O3. The van der Waals surface area contributed by atoms with Crippen LogP contribution >= 0.6 is 12.4 Å². The number of rotatable bonds is 6. The van der Waals surface area contributed by atoms with Gasteiger partial charge in [-0.1, -0.05) is 0 Å². The third-order valence-corrected chi connectivity index (χ3v) is 5.77. The van der Waals surface area contributed by atoms with Gasteiger partial charge in [-0.2, -0.15) is 0 Å². The van der Waals surface area contributed by atoms with Gasteiger partial charge >= 0.3 is 5.97 Å². The summed E-state index contributed by atoms with van der Waals surface area (Å²) in [5.74, 6) is 0.964. The highest BCUT2D eigenvalue weighted by molar-refractivity contribution is 5.94. The molecule has 0 spiro atoms. The normalized spacial score (nSPS) is 18.2. The van der Waals surface area contributed by atoms with E-state index in [4.69, 9.17) is 4.74 Å². The fourth-order valence-electron chi connectivity index (χ4n) is 3.92. The van der Waals surface area contributed by atoms with E-state index in [1.165, 1.54) is 20.0 Å². The number of likely N-dealkylation sites (tertiary alicyclic amines) is 1. The van der Waals surface area contributed by atoms with E-state index in [-0.39, 0.29) is 24.3 Å². The number of piperidine rings is 2. The molecule has 2 aliphatic rings. The van der Waals surface area contributed by atoms with Gasteiger partial charge in [0.1, 0.15) is 0 Å². The third kappa shape index (κ3) is 6.38. The lowest BCUT2D eigenvalue weighted by Gasteiger charge is -2.31. The molecule has 1 aromatic carbocycles. The molecule has 1 amide bonds. The van der Waals surface area contributed by atoms with Crippen LogP contribution in [0.2, 0.25) is 0 Å². The Labute approximate surface area is 173 Å². The number of amides is 1. The van der Waals surface area contributed by atoms with Gasteiger partial charge in [0.25, 0.3) is 5.91 Å². The second-order valence-electron chi connectivity index (χ2n) is 7.67. The van der Waals surface area contributed by atoms with Crippen molar-refractivity contribution in [3.8, 4) is 0 Å². The number of hydrogen-bond donors (Lipinski definition) is 2. The zero-order valence-corrected chi connectivity index (χ0v) is 17.4. The first-order valence-electron chi connectivity index (χ1n) is 10.1. The minimum absolute atomic E-state index is 0. The molecule has 28 heavy (non-hydrogen) atoms. The predicted octanol–water partition coefficient (Wildman–Crippen LogP) is 2.94. The van der Waals surface area contributed by atoms with Crippen LogP contribution in [0.3, 0.4) is 0 Å². The summed E-state index contributed by atoms with van der Waals surface area (Å²) in [6.45, 7) is 4.61. The number of nitrogens with one attached hydrogen (secondary N) is 2. The van der Waals surface area contributed by atoms with Gasteiger partial charge in [0.15, 0.2) is 0 Å². The lowest BCUT2D eigenvalue weighted by molar-refractivity contribution is -0.142. The molecule has 0 unspecified atom stereocenters. The van der Waals surface area contributed by atoms with Crippen LogP contribution in [0.15, 0.2) is 24.3 Å². The molecular weight excluding hydrogens is 378 g/mol. The van der Waals surface area contributed by atoms with Crippen molar-refractivity contribution in [2.24, 2.45) is 11.8 Å². The molecule has 2 N–H and O–H groups in total. The highest BCUT2D eigenvalue weighted by Gasteiger charge is 2.25. The van der Waals surface area contributed by atoms with Crippen molar-refractivity contribution in [1.82, 2.24) is 10.2 Å². The number of methoxy groups -OCH3 is 1. The number of esters is 1. The second kappa shape index (κ2) is 11.3. The summed E-state index contributed by atoms with van der Waals surface area (Å²) in [5, 5.41) is 6.88. The zero-order valence-electron chi connectivity index (χ0n) is 16.6. The molecule has 3 rings (SSSR count). The summed E-state index contributed by atoms with van der Waals surface area (Å²) in [4.78, 5) is 26.0. The number of carbonyl (C=O) groups excluding carboxylic acids is 2. The van der Waals surface area contributed by atoms with E-state index in [0.717, 1.165) is 49.6 Å². The zero-order chi connectivity index (χ0) is 19.1. The summed E-state index contributed by atoms with van der Waals surface area (Å²) in [5.41, 5.74) is 1.80. The van der Waals surface area contributed by atoms with Gasteiger partial charge in [-0.25, -0.2) is 0 Å². The number of ether oxygens (including phenoxy) is 1. The van der Waals surface area contributed by atoms with Gasteiger partial charge < -0.3 is 20.3 Å². The van der Waals surface area contributed by atoms with Crippen molar-refractivity contribution in [3.05, 3.63) is 29.8 Å². The van der Waals surface area contributed by atoms with Gasteiger partial charge in [0.2, 0.25) is 0 Å². The maximum Gasteiger partial charge on any atom is 0.305 e. The molecule has 0 aliphatic carbocycles. The van der Waals surface area contributed by atoms with Crippen LogP contribution in [0.4, 0.5) is 5.69 Å². The van der Waals surface area contributed by atoms with E-state index in [2.05, 4.69) is 10.6 Å². The van der Waals surface area contributed by atoms with Crippen LogP contribution < -0.4 is 10.6 Å². The SMILES string of the molecule is COC(=O)CC1CCN(C(=O)c2ccc(NCC3CCNCC3)cc2)CC1.Cl. The Morgan fingerprint density at radius 2 is 1.71 bits per heavy atom. The Morgan fingerprint density at radius 3 is 2.32 bits per heavy atom. The molecule has 6 nitrogen and oxygen atoms in total. The van der Waals surface area contributed by atoms with E-state index in [0.29, 0.717) is 25.4 Å². The topological polar surface area (TPSA) is 70.7 Å². The molecule has 2 fully saturated rings. The van der Waals surface area contributed by atoms with Crippen molar-refractivity contribution in [2.45, 2.75) is 32.1 Å². The summed E-state index contributed by atoms with van der Waals surface area (Å²) < 4.78 is 4.74. The van der Waals surface area contributed by atoms with E-state index in [1.807, 2.05) is 29.2 Å². The average Bonchev–Trinajstić information content (AvgIpc) is 2.73. The molecule has 7 heteroatoms. The number of hydrogen-bond acceptors (Lipinski definition) is 5. The maximum absolute atomic E-state index is 12.7. The lowest BCUT2D eigenvalue weighted by atomic mass is 9.93. The molecule has 0 atom stereocenters. The van der Waals surface area contributed by atoms with Gasteiger partial charge in [-0.3, -0.25) is 9.59 Å². The Bertz CT molecular complexity index is 624. The molecule has 2 saturated heterocycles. The number of anilines is 1. The first kappa shape index (κ1) is 22.5. The summed E-state index contributed by atoms with van der Waals surface area (Å²) in [7, 11) is 1.42. The van der Waals surface area contributed by atoms with E-state index < -0.39 is 0 Å². The van der Waals surface area contributed by atoms with Crippen molar-refractivity contribution in [2.75, 3.05) is 45.2 Å². The van der Waals surface area contributed by atoms with Crippen molar-refractivity contribution >= 4 is 30.0 Å². The highest BCUT2D eigenvalue weighted by Crippen LogP contribution is 2.23. The molecule has 0 saturated carbocycles. The van der Waals surface area contributed by atoms with E-state index in [1.54, 1.807) is 0 Å². The van der Waals surface area contributed by atoms with Crippen LogP contribution in [0.25, 0.3) is 0 Å². The van der Waals surface area contributed by atoms with Crippen LogP contribution in [0.5, 0.6) is 0 Å². The summed E-state index contributed by atoms with van der Waals surface area (Å²) in [6, 6.07) is 7.82. The summed E-state index contributed by atoms with van der Waals surface area (Å²) >= 11 is 0. The Morgan fingerprint density at radius 1 is 1.07 bits per heavy atom. The lowest BCUT2D eigenvalue weighted by Crippen LogP contribution is -2.39. The number of benzene rings is 1. The van der Waals surface area contributed by atoms with Crippen LogP contribution in [-0.2, 0) is 9.53 Å². The molecule has 1 aromatic rings. The quantitative estimate of drug-likeness (QED) is 0.707. The standard InChI is InChI=1S/C21H31N3O3.ClH/c1-27-20(25)14-16-8-12-24(13-9-16)21(26)18-2-4-19(5-3-18)23-15-17-6-10-22-11-7-17;/h2-5,16-17,22-23H,6-15H2,1H3;1H. The Hall–Kier alpha value is -1.79. The third-order valence-electron chi connectivity index (χ3n) is 5.77. The van der Waals surface area contributed by atoms with Gasteiger partial charge in [-0.15, -0.1) is 12.4 Å². The predicted molar refractivity (Wildman–Crippen MR) is 113 cm³/mol. The van der Waals surface area contributed by atoms with Crippen molar-refractivity contribution in [1.29, 1.82) is 0 Å². The van der Waals surface area contributed by atoms with E-state index in [9.17, 15) is 9.59 Å². The smallest absolute Gasteiger partial charge is 0.305 e. The summed E-state index contributed by atoms with van der Waals surface area (Å²) in [6.07, 6.45) is 4.61. The van der Waals surface area contributed by atoms with Gasteiger partial charge in [0.05, 0.1) is 7.11 Å². The first-order chi connectivity index (χ1) is 13.2. The molecule has 0 radical (unpaired) electrons. The van der Waals surface area contributed by atoms with Gasteiger partial charge in [0, 0.05) is 37.3 Å². The number of nitrogens with zero attached hydrogens (tertiary/aromatic N) is 1. The van der Waals surface area contributed by atoms with Crippen LogP contribution in [0.1, 0.15) is 42.5 Å².